The van der Waals surface area contributed by atoms with Crippen LogP contribution in [0.4, 0.5) is 18.9 Å². The van der Waals surface area contributed by atoms with E-state index in [4.69, 9.17) is 4.74 Å². The lowest BCUT2D eigenvalue weighted by atomic mass is 9.79. The number of carbonyl (C=O) groups is 2. The third kappa shape index (κ3) is 4.58. The van der Waals surface area contributed by atoms with Crippen molar-refractivity contribution < 1.29 is 27.5 Å². The molecule has 1 aliphatic heterocycles. The topological polar surface area (TPSA) is 74.4 Å². The summed E-state index contributed by atoms with van der Waals surface area (Å²) in [6.07, 6.45) is -2.77. The average molecular weight is 508 g/mol. The number of halogens is 3. The normalized spacial score (nSPS) is 17.6. The molecule has 2 N–H and O–H groups in total. The van der Waals surface area contributed by atoms with Crippen molar-refractivity contribution in [1.29, 1.82) is 0 Å². The number of ether oxygens (including phenoxy) is 1. The molecule has 4 aromatic rings. The van der Waals surface area contributed by atoms with Crippen molar-refractivity contribution in [2.75, 3.05) is 25.6 Å². The fourth-order valence-electron chi connectivity index (χ4n) is 4.99. The summed E-state index contributed by atoms with van der Waals surface area (Å²) in [5.74, 6) is -1.65. The second kappa shape index (κ2) is 9.74. The maximum absolute atomic E-state index is 13.9. The molecule has 0 bridgehead atoms. The highest BCUT2D eigenvalue weighted by Gasteiger charge is 2.45. The molecule has 1 aromatic heterocycles. The SMILES string of the molecule is COCCN1C(=O)c2ccccc2[C@@H](C(=O)Nc2cccc(C(F)(F)F)c2)[C@H]1c1c[nH]c2ccccc12. The molecule has 0 unspecified atom stereocenters. The van der Waals surface area contributed by atoms with E-state index >= 15 is 0 Å². The van der Waals surface area contributed by atoms with Crippen molar-refractivity contribution in [3.8, 4) is 0 Å². The van der Waals surface area contributed by atoms with E-state index in [2.05, 4.69) is 10.3 Å². The van der Waals surface area contributed by atoms with Gasteiger partial charge in [0.05, 0.1) is 24.1 Å². The molecular weight excluding hydrogens is 483 g/mol. The molecule has 0 radical (unpaired) electrons. The molecule has 2 atom stereocenters. The first kappa shape index (κ1) is 24.6. The average Bonchev–Trinajstić information content (AvgIpc) is 3.31. The molecule has 5 rings (SSSR count). The number of H-pyrrole nitrogens is 1. The monoisotopic (exact) mass is 507 g/mol. The van der Waals surface area contributed by atoms with Crippen LogP contribution in [0.2, 0.25) is 0 Å². The Hall–Kier alpha value is -4.11. The number of amides is 2. The second-order valence-corrected chi connectivity index (χ2v) is 8.86. The fraction of sp³-hybridized carbons (Fsp3) is 0.214. The maximum Gasteiger partial charge on any atom is 0.416 e. The number of anilines is 1. The number of benzene rings is 3. The zero-order valence-electron chi connectivity index (χ0n) is 19.9. The van der Waals surface area contributed by atoms with Crippen LogP contribution in [-0.2, 0) is 15.7 Å². The van der Waals surface area contributed by atoms with Crippen LogP contribution in [0, 0.1) is 0 Å². The number of aromatic amines is 1. The molecule has 9 heteroatoms. The lowest BCUT2D eigenvalue weighted by Gasteiger charge is -2.41. The Morgan fingerprint density at radius 1 is 1.03 bits per heavy atom. The molecule has 190 valence electrons. The van der Waals surface area contributed by atoms with E-state index in [9.17, 15) is 22.8 Å². The highest BCUT2D eigenvalue weighted by molar-refractivity contribution is 6.05. The molecule has 6 nitrogen and oxygen atoms in total. The number of aromatic nitrogens is 1. The zero-order valence-corrected chi connectivity index (χ0v) is 19.9. The summed E-state index contributed by atoms with van der Waals surface area (Å²) in [6, 6.07) is 18.2. The minimum absolute atomic E-state index is 0.0234. The predicted octanol–water partition coefficient (Wildman–Crippen LogP) is 5.75. The predicted molar refractivity (Wildman–Crippen MR) is 133 cm³/mol. The number of hydrogen-bond donors (Lipinski definition) is 2. The van der Waals surface area contributed by atoms with Gasteiger partial charge in [-0.15, -0.1) is 0 Å². The van der Waals surface area contributed by atoms with Gasteiger partial charge in [0.25, 0.3) is 5.91 Å². The van der Waals surface area contributed by atoms with Gasteiger partial charge in [-0.05, 0) is 35.9 Å². The maximum atomic E-state index is 13.9. The Bertz CT molecular complexity index is 1460. The Morgan fingerprint density at radius 3 is 2.57 bits per heavy atom. The highest BCUT2D eigenvalue weighted by atomic mass is 19.4. The summed E-state index contributed by atoms with van der Waals surface area (Å²) in [7, 11) is 1.53. The molecule has 0 aliphatic carbocycles. The van der Waals surface area contributed by atoms with Crippen molar-refractivity contribution in [2.45, 2.75) is 18.1 Å². The number of fused-ring (bicyclic) bond motifs is 2. The van der Waals surface area contributed by atoms with Gasteiger partial charge in [0.2, 0.25) is 5.91 Å². The van der Waals surface area contributed by atoms with Crippen molar-refractivity contribution in [2.24, 2.45) is 0 Å². The van der Waals surface area contributed by atoms with E-state index in [1.54, 1.807) is 35.4 Å². The summed E-state index contributed by atoms with van der Waals surface area (Å²) in [5, 5.41) is 3.52. The van der Waals surface area contributed by atoms with E-state index in [1.807, 2.05) is 24.3 Å². The van der Waals surface area contributed by atoms with Crippen LogP contribution in [0.15, 0.2) is 79.0 Å². The largest absolute Gasteiger partial charge is 0.416 e. The smallest absolute Gasteiger partial charge is 0.383 e. The summed E-state index contributed by atoms with van der Waals surface area (Å²) < 4.78 is 45.1. The van der Waals surface area contributed by atoms with Crippen molar-refractivity contribution in [3.05, 3.63) is 101 Å². The van der Waals surface area contributed by atoms with Crippen LogP contribution in [0.25, 0.3) is 10.9 Å². The Balaban J connectivity index is 1.64. The van der Waals surface area contributed by atoms with Gasteiger partial charge in [0.15, 0.2) is 0 Å². The van der Waals surface area contributed by atoms with E-state index in [1.165, 1.54) is 19.2 Å². The van der Waals surface area contributed by atoms with Crippen LogP contribution < -0.4 is 5.32 Å². The number of para-hydroxylation sites is 1. The number of rotatable bonds is 6. The fourth-order valence-corrected chi connectivity index (χ4v) is 4.99. The van der Waals surface area contributed by atoms with Gasteiger partial charge in [0.1, 0.15) is 0 Å². The molecule has 1 aliphatic rings. The minimum atomic E-state index is -4.55. The first-order valence-electron chi connectivity index (χ1n) is 11.7. The van der Waals surface area contributed by atoms with E-state index in [-0.39, 0.29) is 24.7 Å². The minimum Gasteiger partial charge on any atom is -0.383 e. The molecule has 0 saturated heterocycles. The number of alkyl halides is 3. The number of carbonyl (C=O) groups excluding carboxylic acids is 2. The molecular formula is C28H24F3N3O3. The van der Waals surface area contributed by atoms with Gasteiger partial charge in [-0.1, -0.05) is 42.5 Å². The van der Waals surface area contributed by atoms with Crippen molar-refractivity contribution >= 4 is 28.4 Å². The molecule has 37 heavy (non-hydrogen) atoms. The van der Waals surface area contributed by atoms with Crippen molar-refractivity contribution in [1.82, 2.24) is 9.88 Å². The standard InChI is InChI=1S/C28H24F3N3O3/c1-37-14-13-34-25(22-16-32-23-12-5-4-9-19(22)23)24(20-10-2-3-11-21(20)27(34)36)26(35)33-18-8-6-7-17(15-18)28(29,30)31/h2-12,15-16,24-25,32H,13-14H2,1H3,(H,33,35)/t24-,25-/m1/s1. The molecule has 0 spiro atoms. The van der Waals surface area contributed by atoms with Gasteiger partial charge in [-0.2, -0.15) is 13.2 Å². The lowest BCUT2D eigenvalue weighted by molar-refractivity contribution is -0.137. The van der Waals surface area contributed by atoms with Crippen LogP contribution >= 0.6 is 0 Å². The van der Waals surface area contributed by atoms with Gasteiger partial charge < -0.3 is 19.9 Å². The molecule has 2 heterocycles. The molecule has 2 amide bonds. The Kier molecular flexibility index (Phi) is 6.47. The van der Waals surface area contributed by atoms with Crippen LogP contribution in [-0.4, -0.2) is 42.0 Å². The number of nitrogens with zero attached hydrogens (tertiary/aromatic N) is 1. The van der Waals surface area contributed by atoms with Gasteiger partial charge in [-0.3, -0.25) is 9.59 Å². The highest BCUT2D eigenvalue weighted by Crippen LogP contribution is 2.45. The number of nitrogens with one attached hydrogen (secondary N) is 2. The molecule has 0 fully saturated rings. The second-order valence-electron chi connectivity index (χ2n) is 8.86. The third-order valence-electron chi connectivity index (χ3n) is 6.65. The van der Waals surface area contributed by atoms with Crippen LogP contribution in [0.3, 0.4) is 0 Å². The van der Waals surface area contributed by atoms with Crippen molar-refractivity contribution in [3.63, 3.8) is 0 Å². The van der Waals surface area contributed by atoms with Crippen LogP contribution in [0.1, 0.15) is 39.0 Å². The lowest BCUT2D eigenvalue weighted by Crippen LogP contribution is -2.47. The summed E-state index contributed by atoms with van der Waals surface area (Å²) in [6.45, 7) is 0.468. The number of hydrogen-bond acceptors (Lipinski definition) is 3. The quantitative estimate of drug-likeness (QED) is 0.349. The molecule has 0 saturated carbocycles. The summed E-state index contributed by atoms with van der Waals surface area (Å²) in [5.41, 5.74) is 1.63. The summed E-state index contributed by atoms with van der Waals surface area (Å²) in [4.78, 5) is 32.4. The van der Waals surface area contributed by atoms with E-state index in [0.29, 0.717) is 11.1 Å². The Morgan fingerprint density at radius 2 is 1.78 bits per heavy atom. The third-order valence-corrected chi connectivity index (χ3v) is 6.65. The van der Waals surface area contributed by atoms with Gasteiger partial charge >= 0.3 is 6.18 Å². The number of methoxy groups -OCH3 is 1. The van der Waals surface area contributed by atoms with Crippen LogP contribution in [0.5, 0.6) is 0 Å². The Labute approximate surface area is 211 Å². The van der Waals surface area contributed by atoms with Gasteiger partial charge in [-0.25, -0.2) is 0 Å². The zero-order chi connectivity index (χ0) is 26.2. The van der Waals surface area contributed by atoms with E-state index < -0.39 is 29.6 Å². The van der Waals surface area contributed by atoms with Gasteiger partial charge in [0, 0.05) is 47.6 Å². The summed E-state index contributed by atoms with van der Waals surface area (Å²) >= 11 is 0. The first-order chi connectivity index (χ1) is 17.8. The first-order valence-corrected chi connectivity index (χ1v) is 11.7. The van der Waals surface area contributed by atoms with E-state index in [0.717, 1.165) is 28.6 Å². The molecule has 3 aromatic carbocycles.